The third kappa shape index (κ3) is 16.6. The second-order valence-corrected chi connectivity index (χ2v) is 14.5. The van der Waals surface area contributed by atoms with Crippen molar-refractivity contribution in [1.29, 1.82) is 0 Å². The van der Waals surface area contributed by atoms with E-state index in [1.165, 1.54) is 77.0 Å². The third-order valence-corrected chi connectivity index (χ3v) is 9.23. The molecule has 2 unspecified atom stereocenters. The normalized spacial score (nSPS) is 13.6. The van der Waals surface area contributed by atoms with Crippen LogP contribution in [0, 0.1) is 5.92 Å². The zero-order chi connectivity index (χ0) is 33.6. The molecule has 7 nitrogen and oxygen atoms in total. The first-order valence-electron chi connectivity index (χ1n) is 18.2. The van der Waals surface area contributed by atoms with Crippen molar-refractivity contribution in [2.75, 3.05) is 26.4 Å². The summed E-state index contributed by atoms with van der Waals surface area (Å²) in [5.41, 5.74) is 1.78. The summed E-state index contributed by atoms with van der Waals surface area (Å²) in [6.45, 7) is 8.07. The van der Waals surface area contributed by atoms with Gasteiger partial charge in [0, 0.05) is 30.7 Å². The molecular weight excluding hydrogens is 609 g/mol. The number of para-hydroxylation sites is 2. The minimum absolute atomic E-state index is 0.160. The van der Waals surface area contributed by atoms with E-state index in [4.69, 9.17) is 18.5 Å². The zero-order valence-electron chi connectivity index (χ0n) is 29.3. The first kappa shape index (κ1) is 39.2. The molecule has 0 bridgehead atoms. The van der Waals surface area contributed by atoms with Crippen LogP contribution in [-0.2, 0) is 25.1 Å². The SMILES string of the molecule is CCCCCCCCCCCCCCCCOCC(COP(=O)([O-])Oc1ccccc1C[n+]1cccc2ccccc21)OCC(C)C. The Kier molecular flexibility index (Phi) is 19.3. The summed E-state index contributed by atoms with van der Waals surface area (Å²) in [6.07, 6.45) is 19.9. The number of unbranched alkanes of at least 4 members (excludes halogenated alkanes) is 13. The van der Waals surface area contributed by atoms with Crippen LogP contribution in [0.3, 0.4) is 0 Å². The summed E-state index contributed by atoms with van der Waals surface area (Å²) in [5, 5.41) is 1.10. The van der Waals surface area contributed by atoms with Crippen LogP contribution in [0.15, 0.2) is 66.9 Å². The number of nitrogens with zero attached hydrogens (tertiary/aromatic N) is 1. The molecule has 0 spiro atoms. The van der Waals surface area contributed by atoms with Crippen molar-refractivity contribution in [2.24, 2.45) is 5.92 Å². The average molecular weight is 670 g/mol. The zero-order valence-corrected chi connectivity index (χ0v) is 30.2. The molecule has 2 atom stereocenters. The number of fused-ring (bicyclic) bond motifs is 1. The minimum Gasteiger partial charge on any atom is -0.746 e. The van der Waals surface area contributed by atoms with Crippen molar-refractivity contribution in [2.45, 2.75) is 123 Å². The molecule has 47 heavy (non-hydrogen) atoms. The van der Waals surface area contributed by atoms with Crippen LogP contribution in [0.4, 0.5) is 0 Å². The number of hydrogen-bond acceptors (Lipinski definition) is 6. The molecule has 0 aliphatic heterocycles. The molecule has 0 fully saturated rings. The first-order chi connectivity index (χ1) is 22.9. The highest BCUT2D eigenvalue weighted by Gasteiger charge is 2.20. The molecule has 0 radical (unpaired) electrons. The van der Waals surface area contributed by atoms with Gasteiger partial charge in [0.2, 0.25) is 5.52 Å². The Balaban J connectivity index is 1.36. The molecule has 8 heteroatoms. The number of benzene rings is 2. The molecule has 1 heterocycles. The van der Waals surface area contributed by atoms with E-state index in [1.807, 2.05) is 42.6 Å². The molecule has 0 aliphatic carbocycles. The third-order valence-electron chi connectivity index (χ3n) is 8.34. The molecule has 0 saturated heterocycles. The van der Waals surface area contributed by atoms with Crippen LogP contribution >= 0.6 is 7.82 Å². The number of hydrogen-bond donors (Lipinski definition) is 0. The summed E-state index contributed by atoms with van der Waals surface area (Å²) in [7, 11) is -4.67. The number of phosphoric acid groups is 1. The molecule has 0 N–H and O–H groups in total. The second-order valence-electron chi connectivity index (χ2n) is 13.2. The standard InChI is InChI=1S/C39H60NO6P/c1-4-5-6-7-8-9-10-11-12-13-14-15-16-21-29-43-32-37(44-31-34(2)3)33-45-47(41,42)46-39-27-20-18-24-36(39)30-40-28-22-25-35-23-17-19-26-38(35)40/h17-20,22-28,34,37H,4-16,21,29-33H2,1-3H3. The fourth-order valence-corrected chi connectivity index (χ4v) is 6.49. The van der Waals surface area contributed by atoms with Gasteiger partial charge in [0.1, 0.15) is 11.9 Å². The predicted molar refractivity (Wildman–Crippen MR) is 190 cm³/mol. The Morgan fingerprint density at radius 2 is 1.32 bits per heavy atom. The van der Waals surface area contributed by atoms with Gasteiger partial charge in [-0.05, 0) is 36.6 Å². The molecule has 2 aromatic carbocycles. The maximum absolute atomic E-state index is 13.0. The largest absolute Gasteiger partial charge is 0.746 e. The molecule has 3 rings (SSSR count). The smallest absolute Gasteiger partial charge is 0.319 e. The fraction of sp³-hybridized carbons (Fsp3) is 0.615. The van der Waals surface area contributed by atoms with Gasteiger partial charge >= 0.3 is 7.82 Å². The van der Waals surface area contributed by atoms with Crippen LogP contribution in [0.5, 0.6) is 5.75 Å². The number of ether oxygens (including phenoxy) is 2. The van der Waals surface area contributed by atoms with Crippen molar-refractivity contribution < 1.29 is 32.5 Å². The van der Waals surface area contributed by atoms with Crippen LogP contribution < -0.4 is 14.0 Å². The van der Waals surface area contributed by atoms with E-state index in [-0.39, 0.29) is 19.0 Å². The van der Waals surface area contributed by atoms with Gasteiger partial charge in [0.05, 0.1) is 18.8 Å². The lowest BCUT2D eigenvalue weighted by atomic mass is 10.0. The molecule has 0 aliphatic rings. The van der Waals surface area contributed by atoms with Crippen molar-refractivity contribution in [3.63, 3.8) is 0 Å². The molecule has 3 aromatic rings. The topological polar surface area (TPSA) is 80.9 Å². The van der Waals surface area contributed by atoms with E-state index in [1.54, 1.807) is 12.1 Å². The lowest BCUT2D eigenvalue weighted by molar-refractivity contribution is -0.662. The van der Waals surface area contributed by atoms with Gasteiger partial charge in [0.15, 0.2) is 12.7 Å². The first-order valence-corrected chi connectivity index (χ1v) is 19.6. The van der Waals surface area contributed by atoms with Gasteiger partial charge in [-0.2, -0.15) is 4.57 Å². The molecule has 262 valence electrons. The maximum Gasteiger partial charge on any atom is 0.319 e. The highest BCUT2D eigenvalue weighted by atomic mass is 31.2. The number of pyridine rings is 1. The Bertz CT molecular complexity index is 1300. The quantitative estimate of drug-likeness (QED) is 0.0457. The maximum atomic E-state index is 13.0. The predicted octanol–water partition coefficient (Wildman–Crippen LogP) is 9.58. The van der Waals surface area contributed by atoms with Crippen molar-refractivity contribution >= 4 is 18.7 Å². The summed E-state index contributed by atoms with van der Waals surface area (Å²) in [6, 6.07) is 19.3. The minimum atomic E-state index is -4.67. The molecule has 0 saturated carbocycles. The number of rotatable bonds is 27. The summed E-state index contributed by atoms with van der Waals surface area (Å²) >= 11 is 0. The molecular formula is C39H60NO6P. The van der Waals surface area contributed by atoms with E-state index in [9.17, 15) is 9.46 Å². The highest BCUT2D eigenvalue weighted by molar-refractivity contribution is 7.46. The summed E-state index contributed by atoms with van der Waals surface area (Å²) in [5.74, 6) is 0.553. The Labute approximate surface area is 284 Å². The lowest BCUT2D eigenvalue weighted by Gasteiger charge is -2.27. The van der Waals surface area contributed by atoms with Gasteiger partial charge in [-0.3, -0.25) is 4.57 Å². The highest BCUT2D eigenvalue weighted by Crippen LogP contribution is 2.41. The van der Waals surface area contributed by atoms with E-state index < -0.39 is 13.9 Å². The Morgan fingerprint density at radius 3 is 2.00 bits per heavy atom. The average Bonchev–Trinajstić information content (AvgIpc) is 3.06. The lowest BCUT2D eigenvalue weighted by Crippen LogP contribution is -2.34. The van der Waals surface area contributed by atoms with Crippen LogP contribution in [-0.4, -0.2) is 32.5 Å². The van der Waals surface area contributed by atoms with Crippen LogP contribution in [0.2, 0.25) is 0 Å². The van der Waals surface area contributed by atoms with E-state index in [2.05, 4.69) is 37.5 Å². The number of phosphoric ester groups is 1. The number of aromatic nitrogens is 1. The molecule has 1 aromatic heterocycles. The van der Waals surface area contributed by atoms with Crippen LogP contribution in [0.25, 0.3) is 10.9 Å². The Hall–Kier alpha value is -2.28. The van der Waals surface area contributed by atoms with Crippen molar-refractivity contribution in [3.05, 3.63) is 72.4 Å². The van der Waals surface area contributed by atoms with E-state index >= 15 is 0 Å². The van der Waals surface area contributed by atoms with Gasteiger partial charge in [-0.1, -0.05) is 129 Å². The van der Waals surface area contributed by atoms with Crippen molar-refractivity contribution in [3.8, 4) is 5.75 Å². The van der Waals surface area contributed by atoms with E-state index in [0.29, 0.717) is 25.7 Å². The van der Waals surface area contributed by atoms with Gasteiger partial charge < -0.3 is 23.4 Å². The Morgan fingerprint density at radius 1 is 0.723 bits per heavy atom. The second kappa shape index (κ2) is 23.1. The van der Waals surface area contributed by atoms with Crippen LogP contribution in [0.1, 0.15) is 116 Å². The molecule has 0 amide bonds. The van der Waals surface area contributed by atoms with Gasteiger partial charge in [-0.15, -0.1) is 0 Å². The monoisotopic (exact) mass is 669 g/mol. The van der Waals surface area contributed by atoms with Gasteiger partial charge in [0.25, 0.3) is 0 Å². The summed E-state index contributed by atoms with van der Waals surface area (Å²) in [4.78, 5) is 13.0. The fourth-order valence-electron chi connectivity index (χ4n) is 5.67. The van der Waals surface area contributed by atoms with E-state index in [0.717, 1.165) is 29.3 Å². The summed E-state index contributed by atoms with van der Waals surface area (Å²) < 4.78 is 37.7. The van der Waals surface area contributed by atoms with Gasteiger partial charge in [-0.25, -0.2) is 0 Å². The van der Waals surface area contributed by atoms with Crippen molar-refractivity contribution in [1.82, 2.24) is 0 Å².